The molecular weight excluding hydrogens is 553 g/mol. The molecule has 0 aromatic rings. The summed E-state index contributed by atoms with van der Waals surface area (Å²) in [7, 11) is 0. The number of unbranched alkanes of at least 4 members (excludes halogenated alkanes) is 30. The first-order valence-electron chi connectivity index (χ1n) is 22.7. The largest absolute Gasteiger partial charge is 0.0654 e. The van der Waals surface area contributed by atoms with E-state index >= 15 is 0 Å². The molecule has 0 fully saturated rings. The van der Waals surface area contributed by atoms with E-state index in [1.54, 1.807) is 0 Å². The van der Waals surface area contributed by atoms with E-state index in [0.717, 1.165) is 17.8 Å². The van der Waals surface area contributed by atoms with Crippen molar-refractivity contribution in [1.29, 1.82) is 0 Å². The third-order valence-corrected chi connectivity index (χ3v) is 11.6. The topological polar surface area (TPSA) is 0 Å². The van der Waals surface area contributed by atoms with E-state index in [-0.39, 0.29) is 0 Å². The van der Waals surface area contributed by atoms with Crippen LogP contribution in [0.1, 0.15) is 279 Å². The standard InChI is InChI=1S/C46H94/c1-6-10-14-18-22-26-27-30-34-38-42-45(41-37-33-29-24-20-16-12-8-3)46(43-39-35-31-25-21-17-13-9-4)44(5)40-36-32-28-23-19-15-11-7-2/h44-46H,6-43H2,1-5H3. The van der Waals surface area contributed by atoms with Crippen molar-refractivity contribution in [3.63, 3.8) is 0 Å². The minimum Gasteiger partial charge on any atom is -0.0654 e. The van der Waals surface area contributed by atoms with Crippen LogP contribution < -0.4 is 0 Å². The molecular formula is C46H94. The molecule has 46 heavy (non-hydrogen) atoms. The van der Waals surface area contributed by atoms with Gasteiger partial charge in [-0.05, 0) is 24.2 Å². The maximum Gasteiger partial charge on any atom is -0.0360 e. The summed E-state index contributed by atoms with van der Waals surface area (Å²) >= 11 is 0. The van der Waals surface area contributed by atoms with Crippen molar-refractivity contribution >= 4 is 0 Å². The Hall–Kier alpha value is 0. The van der Waals surface area contributed by atoms with Gasteiger partial charge in [0, 0.05) is 0 Å². The maximum atomic E-state index is 2.69. The zero-order valence-corrected chi connectivity index (χ0v) is 33.6. The van der Waals surface area contributed by atoms with Gasteiger partial charge in [-0.25, -0.2) is 0 Å². The van der Waals surface area contributed by atoms with Gasteiger partial charge in [-0.3, -0.25) is 0 Å². The Kier molecular flexibility index (Phi) is 39.4. The first-order valence-corrected chi connectivity index (χ1v) is 22.7. The van der Waals surface area contributed by atoms with E-state index in [0.29, 0.717) is 0 Å². The molecule has 0 spiro atoms. The normalized spacial score (nSPS) is 13.8. The Bertz CT molecular complexity index is 522. The van der Waals surface area contributed by atoms with Crippen molar-refractivity contribution in [2.75, 3.05) is 0 Å². The zero-order valence-electron chi connectivity index (χ0n) is 33.6. The lowest BCUT2D eigenvalue weighted by Crippen LogP contribution is -2.23. The van der Waals surface area contributed by atoms with E-state index in [1.165, 1.54) is 244 Å². The summed E-state index contributed by atoms with van der Waals surface area (Å²) in [6.07, 6.45) is 56.0. The molecule has 3 unspecified atom stereocenters. The van der Waals surface area contributed by atoms with Crippen molar-refractivity contribution in [2.45, 2.75) is 279 Å². The van der Waals surface area contributed by atoms with E-state index in [4.69, 9.17) is 0 Å². The van der Waals surface area contributed by atoms with E-state index in [2.05, 4.69) is 34.6 Å². The Morgan fingerprint density at radius 3 is 0.739 bits per heavy atom. The van der Waals surface area contributed by atoms with Crippen molar-refractivity contribution in [1.82, 2.24) is 0 Å². The van der Waals surface area contributed by atoms with Crippen LogP contribution >= 0.6 is 0 Å². The smallest absolute Gasteiger partial charge is 0.0360 e. The van der Waals surface area contributed by atoms with Crippen LogP contribution in [0.2, 0.25) is 0 Å². The van der Waals surface area contributed by atoms with Crippen LogP contribution in [0.5, 0.6) is 0 Å². The molecule has 0 rings (SSSR count). The summed E-state index contributed by atoms with van der Waals surface area (Å²) in [6.45, 7) is 12.0. The van der Waals surface area contributed by atoms with E-state index < -0.39 is 0 Å². The van der Waals surface area contributed by atoms with Crippen molar-refractivity contribution < 1.29 is 0 Å². The van der Waals surface area contributed by atoms with Crippen LogP contribution in [0.4, 0.5) is 0 Å². The first kappa shape index (κ1) is 46.0. The molecule has 0 bridgehead atoms. The van der Waals surface area contributed by atoms with Gasteiger partial charge < -0.3 is 0 Å². The van der Waals surface area contributed by atoms with Crippen LogP contribution in [0.15, 0.2) is 0 Å². The second-order valence-electron chi connectivity index (χ2n) is 16.2. The molecule has 0 heteroatoms. The van der Waals surface area contributed by atoms with E-state index in [1.807, 2.05) is 0 Å². The minimum atomic E-state index is 0.937. The average molecular weight is 647 g/mol. The van der Waals surface area contributed by atoms with Gasteiger partial charge in [0.05, 0.1) is 0 Å². The van der Waals surface area contributed by atoms with Crippen LogP contribution in [-0.2, 0) is 0 Å². The third kappa shape index (κ3) is 32.5. The summed E-state index contributed by atoms with van der Waals surface area (Å²) in [5, 5.41) is 0. The summed E-state index contributed by atoms with van der Waals surface area (Å²) < 4.78 is 0. The van der Waals surface area contributed by atoms with Gasteiger partial charge in [-0.15, -0.1) is 0 Å². The highest BCUT2D eigenvalue weighted by molar-refractivity contribution is 4.77. The fraction of sp³-hybridized carbons (Fsp3) is 1.00. The van der Waals surface area contributed by atoms with Crippen LogP contribution in [0, 0.1) is 17.8 Å². The predicted molar refractivity (Wildman–Crippen MR) is 214 cm³/mol. The molecule has 0 aliphatic carbocycles. The Morgan fingerprint density at radius 1 is 0.239 bits per heavy atom. The number of rotatable bonds is 40. The highest BCUT2D eigenvalue weighted by atomic mass is 14.3. The average Bonchev–Trinajstić information content (AvgIpc) is 3.06. The van der Waals surface area contributed by atoms with Gasteiger partial charge in [0.15, 0.2) is 0 Å². The van der Waals surface area contributed by atoms with Crippen LogP contribution in [0.25, 0.3) is 0 Å². The Balaban J connectivity index is 4.93. The molecule has 0 aliphatic rings. The fourth-order valence-electron chi connectivity index (χ4n) is 8.32. The lowest BCUT2D eigenvalue weighted by molar-refractivity contribution is 0.177. The number of hydrogen-bond donors (Lipinski definition) is 0. The molecule has 0 nitrogen and oxygen atoms in total. The molecule has 0 aromatic heterocycles. The molecule has 0 saturated carbocycles. The summed E-state index contributed by atoms with van der Waals surface area (Å²) in [5.41, 5.74) is 0. The summed E-state index contributed by atoms with van der Waals surface area (Å²) in [6, 6.07) is 0. The van der Waals surface area contributed by atoms with Gasteiger partial charge in [0.2, 0.25) is 0 Å². The van der Waals surface area contributed by atoms with Gasteiger partial charge >= 0.3 is 0 Å². The fourth-order valence-corrected chi connectivity index (χ4v) is 8.32. The van der Waals surface area contributed by atoms with Crippen molar-refractivity contribution in [2.24, 2.45) is 17.8 Å². The molecule has 0 aliphatic heterocycles. The van der Waals surface area contributed by atoms with Gasteiger partial charge in [-0.2, -0.15) is 0 Å². The molecule has 0 radical (unpaired) electrons. The van der Waals surface area contributed by atoms with Gasteiger partial charge in [-0.1, -0.05) is 272 Å². The van der Waals surface area contributed by atoms with Gasteiger partial charge in [0.25, 0.3) is 0 Å². The second kappa shape index (κ2) is 39.4. The second-order valence-corrected chi connectivity index (χ2v) is 16.2. The highest BCUT2D eigenvalue weighted by Crippen LogP contribution is 2.37. The third-order valence-electron chi connectivity index (χ3n) is 11.6. The zero-order chi connectivity index (χ0) is 33.6. The molecule has 0 aromatic carbocycles. The summed E-state index contributed by atoms with van der Waals surface area (Å²) in [5.74, 6) is 2.93. The Labute approximate surface area is 295 Å². The highest BCUT2D eigenvalue weighted by Gasteiger charge is 2.26. The minimum absolute atomic E-state index is 0.937. The van der Waals surface area contributed by atoms with E-state index in [9.17, 15) is 0 Å². The lowest BCUT2D eigenvalue weighted by Gasteiger charge is -2.33. The van der Waals surface area contributed by atoms with Crippen LogP contribution in [-0.4, -0.2) is 0 Å². The van der Waals surface area contributed by atoms with Crippen molar-refractivity contribution in [3.8, 4) is 0 Å². The predicted octanol–water partition coefficient (Wildman–Crippen LogP) is 17.8. The first-order chi connectivity index (χ1) is 22.7. The van der Waals surface area contributed by atoms with Crippen molar-refractivity contribution in [3.05, 3.63) is 0 Å². The molecule has 3 atom stereocenters. The SMILES string of the molecule is CCCCCCCCCCCCC(CCCCCCCCCC)C(CCCCCCCCCC)C(C)CCCCCCCCCC. The molecule has 0 saturated heterocycles. The molecule has 278 valence electrons. The molecule has 0 amide bonds. The summed E-state index contributed by atoms with van der Waals surface area (Å²) in [4.78, 5) is 0. The molecule has 0 N–H and O–H groups in total. The van der Waals surface area contributed by atoms with Crippen LogP contribution in [0.3, 0.4) is 0 Å². The monoisotopic (exact) mass is 647 g/mol. The molecule has 0 heterocycles. The lowest BCUT2D eigenvalue weighted by atomic mass is 9.73. The quantitative estimate of drug-likeness (QED) is 0.0581. The number of hydrogen-bond acceptors (Lipinski definition) is 0. The Morgan fingerprint density at radius 2 is 0.457 bits per heavy atom. The maximum absolute atomic E-state index is 2.69. The van der Waals surface area contributed by atoms with Gasteiger partial charge in [0.1, 0.15) is 0 Å².